The molecule has 6 nitrogen and oxygen atoms in total. The number of esters is 1. The van der Waals surface area contributed by atoms with Crippen LogP contribution in [-0.4, -0.2) is 38.1 Å². The highest BCUT2D eigenvalue weighted by molar-refractivity contribution is 9.10. The Kier molecular flexibility index (Phi) is 4.68. The molecule has 1 aliphatic rings. The lowest BCUT2D eigenvalue weighted by molar-refractivity contribution is -0.129. The van der Waals surface area contributed by atoms with Crippen LogP contribution in [0.2, 0.25) is 0 Å². The molecule has 0 saturated carbocycles. The number of thiazole rings is 1. The predicted molar refractivity (Wildman–Crippen MR) is 97.7 cm³/mol. The number of hydrogen-bond acceptors (Lipinski definition) is 7. The number of nitrogens with zero attached hydrogens (tertiary/aromatic N) is 3. The molecular weight excluding hydrogens is 394 g/mol. The summed E-state index contributed by atoms with van der Waals surface area (Å²) in [5.41, 5.74) is 0.948. The van der Waals surface area contributed by atoms with E-state index in [0.717, 1.165) is 15.2 Å². The number of halogens is 1. The molecule has 2 aromatic rings. The molecule has 0 aliphatic carbocycles. The van der Waals surface area contributed by atoms with Gasteiger partial charge in [0, 0.05) is 24.1 Å². The maximum absolute atomic E-state index is 12.1. The minimum absolute atomic E-state index is 0.220. The summed E-state index contributed by atoms with van der Waals surface area (Å²) in [5.74, 6) is 0.241. The van der Waals surface area contributed by atoms with Gasteiger partial charge in [0.25, 0.3) is 0 Å². The maximum Gasteiger partial charge on any atom is 0.363 e. The van der Waals surface area contributed by atoms with Crippen LogP contribution in [0.1, 0.15) is 10.4 Å². The van der Waals surface area contributed by atoms with Gasteiger partial charge in [-0.1, -0.05) is 33.3 Å². The minimum Gasteiger partial charge on any atom is -0.480 e. The van der Waals surface area contributed by atoms with Gasteiger partial charge < -0.3 is 14.4 Å². The second-order valence-corrected chi connectivity index (χ2v) is 7.04. The zero-order valence-corrected chi connectivity index (χ0v) is 15.6. The number of carbonyl (C=O) groups excluding carboxylic acids is 1. The molecule has 8 heteroatoms. The Labute approximate surface area is 151 Å². The predicted octanol–water partition coefficient (Wildman–Crippen LogP) is 3.32. The van der Waals surface area contributed by atoms with Gasteiger partial charge in [-0.15, -0.1) is 0 Å². The first-order chi connectivity index (χ1) is 11.5. The molecule has 0 unspecified atom stereocenters. The second kappa shape index (κ2) is 6.74. The van der Waals surface area contributed by atoms with Crippen LogP contribution >= 0.6 is 27.3 Å². The number of aromatic nitrogens is 1. The van der Waals surface area contributed by atoms with E-state index in [1.165, 1.54) is 11.3 Å². The average molecular weight is 408 g/mol. The highest BCUT2D eigenvalue weighted by Crippen LogP contribution is 2.33. The second-order valence-electron chi connectivity index (χ2n) is 5.11. The largest absolute Gasteiger partial charge is 0.480 e. The number of methoxy groups -OCH3 is 1. The Balaban J connectivity index is 1.97. The van der Waals surface area contributed by atoms with Crippen LogP contribution in [-0.2, 0) is 9.53 Å². The third kappa shape index (κ3) is 3.34. The van der Waals surface area contributed by atoms with Crippen molar-refractivity contribution < 1.29 is 14.3 Å². The van der Waals surface area contributed by atoms with Gasteiger partial charge >= 0.3 is 5.97 Å². The van der Waals surface area contributed by atoms with Crippen molar-refractivity contribution in [2.75, 3.05) is 26.1 Å². The Hall–Kier alpha value is -2.19. The van der Waals surface area contributed by atoms with Crippen molar-refractivity contribution in [1.29, 1.82) is 0 Å². The van der Waals surface area contributed by atoms with Gasteiger partial charge in [-0.2, -0.15) is 4.98 Å². The molecule has 0 radical (unpaired) electrons. The fraction of sp³-hybridized carbons (Fsp3) is 0.188. The minimum atomic E-state index is -0.494. The monoisotopic (exact) mass is 407 g/mol. The SMILES string of the molecule is COc1nc(N(C)C)sc1C=C1N=C(c2cccc(Br)c2)OC1=O. The van der Waals surface area contributed by atoms with E-state index < -0.39 is 5.97 Å². The molecule has 0 N–H and O–H groups in total. The molecule has 0 fully saturated rings. The highest BCUT2D eigenvalue weighted by Gasteiger charge is 2.25. The zero-order chi connectivity index (χ0) is 17.3. The van der Waals surface area contributed by atoms with Crippen LogP contribution in [0.5, 0.6) is 5.88 Å². The van der Waals surface area contributed by atoms with Gasteiger partial charge in [0.2, 0.25) is 11.8 Å². The van der Waals surface area contributed by atoms with E-state index in [2.05, 4.69) is 25.9 Å². The number of aliphatic imine (C=N–C) groups is 1. The van der Waals surface area contributed by atoms with Crippen LogP contribution in [0.4, 0.5) is 5.13 Å². The quantitative estimate of drug-likeness (QED) is 0.574. The van der Waals surface area contributed by atoms with Crippen LogP contribution in [0.15, 0.2) is 39.4 Å². The Morgan fingerprint density at radius 3 is 2.83 bits per heavy atom. The number of cyclic esters (lactones) is 1. The van der Waals surface area contributed by atoms with E-state index >= 15 is 0 Å². The molecule has 1 aromatic carbocycles. The smallest absolute Gasteiger partial charge is 0.363 e. The van der Waals surface area contributed by atoms with Crippen LogP contribution in [0.25, 0.3) is 6.08 Å². The molecule has 0 amide bonds. The molecule has 1 aliphatic heterocycles. The van der Waals surface area contributed by atoms with E-state index in [9.17, 15) is 4.79 Å². The first-order valence-corrected chi connectivity index (χ1v) is 8.59. The third-order valence-electron chi connectivity index (χ3n) is 3.15. The lowest BCUT2D eigenvalue weighted by Gasteiger charge is -2.04. The summed E-state index contributed by atoms with van der Waals surface area (Å²) in [6, 6.07) is 7.42. The van der Waals surface area contributed by atoms with E-state index in [-0.39, 0.29) is 11.6 Å². The van der Waals surface area contributed by atoms with Gasteiger partial charge in [0.15, 0.2) is 10.8 Å². The summed E-state index contributed by atoms with van der Waals surface area (Å²) in [5, 5.41) is 0.779. The van der Waals surface area contributed by atoms with E-state index in [1.54, 1.807) is 13.2 Å². The number of rotatable bonds is 4. The van der Waals surface area contributed by atoms with Crippen LogP contribution in [0.3, 0.4) is 0 Å². The molecule has 0 spiro atoms. The standard InChI is InChI=1S/C16H14BrN3O3S/c1-20(2)16-19-14(22-3)12(24-16)8-11-15(21)23-13(18-11)9-5-4-6-10(17)7-9/h4-8H,1-3H3. The molecule has 124 valence electrons. The summed E-state index contributed by atoms with van der Waals surface area (Å²) >= 11 is 4.80. The molecule has 0 saturated heterocycles. The van der Waals surface area contributed by atoms with Crippen molar-refractivity contribution in [1.82, 2.24) is 4.98 Å². The van der Waals surface area contributed by atoms with Gasteiger partial charge in [0.1, 0.15) is 0 Å². The molecular formula is C16H14BrN3O3S. The molecule has 1 aromatic heterocycles. The Bertz CT molecular complexity index is 858. The van der Waals surface area contributed by atoms with Gasteiger partial charge in [-0.25, -0.2) is 9.79 Å². The fourth-order valence-electron chi connectivity index (χ4n) is 2.01. The number of hydrogen-bond donors (Lipinski definition) is 0. The molecule has 24 heavy (non-hydrogen) atoms. The van der Waals surface area contributed by atoms with Crippen molar-refractivity contribution >= 4 is 50.3 Å². The van der Waals surface area contributed by atoms with E-state index in [4.69, 9.17) is 9.47 Å². The Morgan fingerprint density at radius 1 is 1.38 bits per heavy atom. The molecule has 3 rings (SSSR count). The van der Waals surface area contributed by atoms with Crippen molar-refractivity contribution in [2.24, 2.45) is 4.99 Å². The molecule has 2 heterocycles. The lowest BCUT2D eigenvalue weighted by atomic mass is 10.2. The highest BCUT2D eigenvalue weighted by atomic mass is 79.9. The van der Waals surface area contributed by atoms with Gasteiger partial charge in [-0.3, -0.25) is 0 Å². The van der Waals surface area contributed by atoms with Crippen molar-refractivity contribution in [3.05, 3.63) is 44.9 Å². The first kappa shape index (κ1) is 16.7. The molecule has 0 bridgehead atoms. The summed E-state index contributed by atoms with van der Waals surface area (Å²) in [7, 11) is 5.32. The number of anilines is 1. The van der Waals surface area contributed by atoms with E-state index in [0.29, 0.717) is 10.8 Å². The third-order valence-corrected chi connectivity index (χ3v) is 4.79. The van der Waals surface area contributed by atoms with Crippen molar-refractivity contribution in [3.63, 3.8) is 0 Å². The van der Waals surface area contributed by atoms with Crippen molar-refractivity contribution in [3.8, 4) is 5.88 Å². The molecule has 0 atom stereocenters. The summed E-state index contributed by atoms with van der Waals surface area (Å²) < 4.78 is 11.4. The average Bonchev–Trinajstić information content (AvgIpc) is 3.12. The summed E-state index contributed by atoms with van der Waals surface area (Å²) in [6.07, 6.45) is 1.64. The maximum atomic E-state index is 12.1. The van der Waals surface area contributed by atoms with Gasteiger partial charge in [0.05, 0.1) is 12.0 Å². The summed E-state index contributed by atoms with van der Waals surface area (Å²) in [4.78, 5) is 23.3. The van der Waals surface area contributed by atoms with Gasteiger partial charge in [-0.05, 0) is 24.3 Å². The van der Waals surface area contributed by atoms with Crippen LogP contribution in [0, 0.1) is 0 Å². The summed E-state index contributed by atoms with van der Waals surface area (Å²) in [6.45, 7) is 0. The zero-order valence-electron chi connectivity index (χ0n) is 13.2. The number of carbonyl (C=O) groups is 1. The first-order valence-electron chi connectivity index (χ1n) is 6.98. The lowest BCUT2D eigenvalue weighted by Crippen LogP contribution is -2.07. The van der Waals surface area contributed by atoms with Crippen molar-refractivity contribution in [2.45, 2.75) is 0 Å². The fourth-order valence-corrected chi connectivity index (χ4v) is 3.31. The number of benzene rings is 1. The van der Waals surface area contributed by atoms with Crippen LogP contribution < -0.4 is 9.64 Å². The van der Waals surface area contributed by atoms with E-state index in [1.807, 2.05) is 43.3 Å². The topological polar surface area (TPSA) is 64.0 Å². The normalized spacial score (nSPS) is 15.4. The number of ether oxygens (including phenoxy) is 2. The Morgan fingerprint density at radius 2 is 2.17 bits per heavy atom.